The van der Waals surface area contributed by atoms with E-state index in [1.54, 1.807) is 17.2 Å². The van der Waals surface area contributed by atoms with E-state index in [9.17, 15) is 0 Å². The molecule has 0 amide bonds. The molecule has 3 rings (SSSR count). The molecule has 0 radical (unpaired) electrons. The highest BCUT2D eigenvalue weighted by atomic mass is 15.1. The van der Waals surface area contributed by atoms with Crippen molar-refractivity contribution in [2.45, 2.75) is 94.9 Å². The zero-order valence-corrected chi connectivity index (χ0v) is 27.1. The fraction of sp³-hybridized carbons (Fsp3) is 0.556. The maximum atomic E-state index is 5.14. The van der Waals surface area contributed by atoms with Gasteiger partial charge in [0.2, 0.25) is 0 Å². The molecule has 0 heterocycles. The molecular formula is C36H60N2. The van der Waals surface area contributed by atoms with Crippen molar-refractivity contribution in [2.24, 2.45) is 29.4 Å². The van der Waals surface area contributed by atoms with Crippen molar-refractivity contribution in [1.82, 2.24) is 0 Å². The van der Waals surface area contributed by atoms with Gasteiger partial charge in [0.1, 0.15) is 0 Å². The molecule has 214 valence electrons. The number of aryl methyl sites for hydroxylation is 1. The molecule has 0 bridgehead atoms. The van der Waals surface area contributed by atoms with Crippen LogP contribution in [0.1, 0.15) is 97.4 Å². The first kappa shape index (κ1) is 35.5. The largest absolute Gasteiger partial charge is 0.402 e. The van der Waals surface area contributed by atoms with E-state index in [0.29, 0.717) is 29.4 Å². The summed E-state index contributed by atoms with van der Waals surface area (Å²) in [6.07, 6.45) is 5.92. The summed E-state index contributed by atoms with van der Waals surface area (Å²) in [6, 6.07) is 2.42. The van der Waals surface area contributed by atoms with Crippen LogP contribution in [0, 0.1) is 30.6 Å². The molecule has 2 N–H and O–H groups in total. The Morgan fingerprint density at radius 1 is 1.16 bits per heavy atom. The summed E-state index contributed by atoms with van der Waals surface area (Å²) in [5.41, 5.74) is 18.8. The van der Waals surface area contributed by atoms with E-state index in [-0.39, 0.29) is 0 Å². The summed E-state index contributed by atoms with van der Waals surface area (Å²) < 4.78 is 0. The highest BCUT2D eigenvalue weighted by Crippen LogP contribution is 2.53. The molecular weight excluding hydrogens is 460 g/mol. The van der Waals surface area contributed by atoms with E-state index in [0.717, 1.165) is 19.3 Å². The first-order valence-corrected chi connectivity index (χ1v) is 14.8. The highest BCUT2D eigenvalue weighted by Gasteiger charge is 2.40. The van der Waals surface area contributed by atoms with Gasteiger partial charge in [-0.25, -0.2) is 0 Å². The molecule has 0 saturated carbocycles. The van der Waals surface area contributed by atoms with Crippen LogP contribution in [-0.4, -0.2) is 14.1 Å². The molecule has 2 nitrogen and oxygen atoms in total. The minimum atomic E-state index is 0.568. The van der Waals surface area contributed by atoms with Crippen LogP contribution in [0.5, 0.6) is 0 Å². The Morgan fingerprint density at radius 3 is 2.11 bits per heavy atom. The minimum absolute atomic E-state index is 0.568. The molecule has 0 aromatic heterocycles. The molecule has 2 aliphatic rings. The van der Waals surface area contributed by atoms with Crippen LogP contribution < -0.4 is 10.6 Å². The number of hydrogen-bond acceptors (Lipinski definition) is 2. The Morgan fingerprint density at radius 2 is 1.71 bits per heavy atom. The second-order valence-electron chi connectivity index (χ2n) is 10.7. The van der Waals surface area contributed by atoms with Crippen molar-refractivity contribution in [3.63, 3.8) is 0 Å². The van der Waals surface area contributed by atoms with E-state index in [2.05, 4.69) is 92.9 Å². The van der Waals surface area contributed by atoms with Crippen LogP contribution >= 0.6 is 0 Å². The van der Waals surface area contributed by atoms with E-state index in [1.165, 1.54) is 45.5 Å². The lowest BCUT2D eigenvalue weighted by atomic mass is 9.60. The minimum Gasteiger partial charge on any atom is -0.402 e. The first-order chi connectivity index (χ1) is 17.9. The average Bonchev–Trinajstić information content (AvgIpc) is 2.88. The predicted molar refractivity (Wildman–Crippen MR) is 176 cm³/mol. The third kappa shape index (κ3) is 8.01. The maximum Gasteiger partial charge on any atom is 0.0402 e. The van der Waals surface area contributed by atoms with Crippen molar-refractivity contribution in [1.29, 1.82) is 0 Å². The molecule has 0 spiro atoms. The van der Waals surface area contributed by atoms with Gasteiger partial charge in [-0.2, -0.15) is 0 Å². The van der Waals surface area contributed by atoms with Gasteiger partial charge in [0.15, 0.2) is 0 Å². The molecule has 3 unspecified atom stereocenters. The lowest BCUT2D eigenvalue weighted by Gasteiger charge is -2.45. The second-order valence-corrected chi connectivity index (χ2v) is 10.7. The van der Waals surface area contributed by atoms with E-state index >= 15 is 0 Å². The standard InChI is InChI=1S/C27H39N.C5H9N.2C2H6/c1-11-21-14-25(28(9)10)24-13-22-12-23(16(4)15(2)3)17(5)18(6)26(22)20(8)27(24)19(21)7;1-3-4-5(2)6;2*1-2/h14,16-17,22-23H,2,8,11-13H2,1,3-7,9-10H3;3H,1-2,4,6H2;2*1-2H3/t16?,17?,22?,23-;;;/m0.../s1. The second kappa shape index (κ2) is 16.5. The fourth-order valence-electron chi connectivity index (χ4n) is 6.03. The molecule has 1 aromatic rings. The number of hydrogen-bond donors (Lipinski definition) is 1. The smallest absolute Gasteiger partial charge is 0.0402 e. The van der Waals surface area contributed by atoms with Gasteiger partial charge in [-0.15, -0.1) is 6.58 Å². The molecule has 4 atom stereocenters. The molecule has 0 saturated heterocycles. The maximum absolute atomic E-state index is 5.14. The Balaban J connectivity index is 0.00000119. The first-order valence-electron chi connectivity index (χ1n) is 14.8. The summed E-state index contributed by atoms with van der Waals surface area (Å²) in [4.78, 5) is 2.30. The van der Waals surface area contributed by atoms with Gasteiger partial charge >= 0.3 is 0 Å². The molecule has 2 aliphatic carbocycles. The average molecular weight is 521 g/mol. The number of allylic oxidation sites excluding steroid dienone is 5. The van der Waals surface area contributed by atoms with Crippen molar-refractivity contribution >= 4 is 11.3 Å². The van der Waals surface area contributed by atoms with E-state index in [1.807, 2.05) is 27.7 Å². The zero-order chi connectivity index (χ0) is 29.9. The predicted octanol–water partition coefficient (Wildman–Crippen LogP) is 10.1. The lowest BCUT2D eigenvalue weighted by Crippen LogP contribution is -2.34. The lowest BCUT2D eigenvalue weighted by molar-refractivity contribution is 0.240. The number of fused-ring (bicyclic) bond motifs is 2. The third-order valence-corrected chi connectivity index (χ3v) is 8.26. The number of nitrogens with zero attached hydrogens (tertiary/aromatic N) is 1. The van der Waals surface area contributed by atoms with Gasteiger partial charge in [0.05, 0.1) is 0 Å². The van der Waals surface area contributed by atoms with Crippen molar-refractivity contribution in [3.05, 3.63) is 83.1 Å². The normalized spacial score (nSPS) is 20.1. The number of anilines is 1. The van der Waals surface area contributed by atoms with Crippen LogP contribution in [0.3, 0.4) is 0 Å². The van der Waals surface area contributed by atoms with Crippen LogP contribution in [0.4, 0.5) is 5.69 Å². The molecule has 1 aromatic carbocycles. The van der Waals surface area contributed by atoms with Gasteiger partial charge in [0, 0.05) is 31.9 Å². The third-order valence-electron chi connectivity index (χ3n) is 8.26. The Kier molecular flexibility index (Phi) is 15.4. The van der Waals surface area contributed by atoms with Crippen LogP contribution in [-0.2, 0) is 12.8 Å². The van der Waals surface area contributed by atoms with E-state index in [4.69, 9.17) is 5.73 Å². The molecule has 2 heteroatoms. The van der Waals surface area contributed by atoms with Gasteiger partial charge in [-0.1, -0.05) is 85.4 Å². The number of benzene rings is 1. The number of rotatable bonds is 6. The zero-order valence-electron chi connectivity index (χ0n) is 27.1. The summed E-state index contributed by atoms with van der Waals surface area (Å²) in [5, 5.41) is 0. The summed E-state index contributed by atoms with van der Waals surface area (Å²) >= 11 is 0. The summed E-state index contributed by atoms with van der Waals surface area (Å²) in [7, 11) is 4.36. The van der Waals surface area contributed by atoms with Crippen molar-refractivity contribution in [3.8, 4) is 0 Å². The van der Waals surface area contributed by atoms with Crippen LogP contribution in [0.25, 0.3) is 5.57 Å². The Labute approximate surface area is 237 Å². The SMILES string of the molecule is C=C1C2=C(C)C(C)[C@H](C(C)C(=C)C)CC2Cc2c(N(C)C)cc(CC)c(C)c21.C=CCC(=C)N.CC.CC. The van der Waals surface area contributed by atoms with Gasteiger partial charge in [0.25, 0.3) is 0 Å². The number of nitrogens with two attached hydrogens (primary N) is 1. The van der Waals surface area contributed by atoms with Crippen LogP contribution in [0.15, 0.2) is 60.9 Å². The Bertz CT molecular complexity index is 1000. The summed E-state index contributed by atoms with van der Waals surface area (Å²) in [6.45, 7) is 37.8. The van der Waals surface area contributed by atoms with Crippen molar-refractivity contribution < 1.29 is 0 Å². The monoisotopic (exact) mass is 520 g/mol. The van der Waals surface area contributed by atoms with Gasteiger partial charge in [-0.3, -0.25) is 0 Å². The van der Waals surface area contributed by atoms with E-state index < -0.39 is 0 Å². The van der Waals surface area contributed by atoms with Gasteiger partial charge < -0.3 is 10.6 Å². The molecule has 0 aliphatic heterocycles. The Hall–Kier alpha value is -2.48. The topological polar surface area (TPSA) is 29.3 Å². The quantitative estimate of drug-likeness (QED) is 0.378. The van der Waals surface area contributed by atoms with Gasteiger partial charge in [-0.05, 0) is 103 Å². The van der Waals surface area contributed by atoms with Crippen LogP contribution in [0.2, 0.25) is 0 Å². The molecule has 0 fully saturated rings. The molecule has 38 heavy (non-hydrogen) atoms. The fourth-order valence-corrected chi connectivity index (χ4v) is 6.03. The highest BCUT2D eigenvalue weighted by molar-refractivity contribution is 5.88. The summed E-state index contributed by atoms with van der Waals surface area (Å²) in [5.74, 6) is 2.44. The van der Waals surface area contributed by atoms with Crippen molar-refractivity contribution in [2.75, 3.05) is 19.0 Å².